The number of anilines is 1. The highest BCUT2D eigenvalue weighted by Gasteiger charge is 2.17. The molecule has 0 aliphatic rings. The molecule has 132 valence electrons. The minimum absolute atomic E-state index is 0.149. The van der Waals surface area contributed by atoms with Crippen LogP contribution in [-0.2, 0) is 4.79 Å². The first-order valence-electron chi connectivity index (χ1n) is 8.77. The smallest absolute Gasteiger partial charge is 0.256 e. The fourth-order valence-corrected chi connectivity index (χ4v) is 2.94. The number of carbonyl (C=O) groups is 1. The third-order valence-electron chi connectivity index (χ3n) is 4.32. The van der Waals surface area contributed by atoms with Crippen LogP contribution in [0.15, 0.2) is 71.3 Å². The van der Waals surface area contributed by atoms with Crippen LogP contribution in [-0.4, -0.2) is 5.91 Å². The Kier molecular flexibility index (Phi) is 5.37. The van der Waals surface area contributed by atoms with Gasteiger partial charge in [0.2, 0.25) is 0 Å². The Balaban J connectivity index is 2.00. The first kappa shape index (κ1) is 17.7. The average Bonchev–Trinajstić information content (AvgIpc) is 3.15. The van der Waals surface area contributed by atoms with Crippen LogP contribution in [0.3, 0.4) is 0 Å². The third kappa shape index (κ3) is 3.94. The zero-order valence-electron chi connectivity index (χ0n) is 15.3. The number of hydrogen-bond acceptors (Lipinski definition) is 2. The van der Waals surface area contributed by atoms with Gasteiger partial charge in [-0.05, 0) is 47.7 Å². The maximum absolute atomic E-state index is 13.1. The predicted molar refractivity (Wildman–Crippen MR) is 107 cm³/mol. The largest absolute Gasteiger partial charge is 0.465 e. The summed E-state index contributed by atoms with van der Waals surface area (Å²) in [5.74, 6) is 0.816. The molecule has 3 nitrogen and oxygen atoms in total. The van der Waals surface area contributed by atoms with Gasteiger partial charge in [-0.1, -0.05) is 62.4 Å². The van der Waals surface area contributed by atoms with Crippen molar-refractivity contribution in [3.8, 4) is 0 Å². The number of furan rings is 1. The first-order chi connectivity index (χ1) is 12.6. The summed E-state index contributed by atoms with van der Waals surface area (Å²) in [6.45, 7) is 6.27. The SMILES string of the molecule is Cc1cccc(C(C)C)c1NC(=O)/C(=C/c1ccco1)c1ccccc1. The number of para-hydroxylation sites is 1. The minimum atomic E-state index is -0.149. The fraction of sp³-hybridized carbons (Fsp3) is 0.174. The summed E-state index contributed by atoms with van der Waals surface area (Å²) in [6.07, 6.45) is 3.38. The predicted octanol–water partition coefficient (Wildman–Crippen LogP) is 5.89. The second-order valence-corrected chi connectivity index (χ2v) is 6.59. The van der Waals surface area contributed by atoms with E-state index in [1.54, 1.807) is 12.3 Å². The highest BCUT2D eigenvalue weighted by Crippen LogP contribution is 2.29. The number of hydrogen-bond donors (Lipinski definition) is 1. The average molecular weight is 345 g/mol. The molecule has 0 saturated carbocycles. The van der Waals surface area contributed by atoms with Gasteiger partial charge in [-0.25, -0.2) is 0 Å². The molecule has 0 saturated heterocycles. The Morgan fingerprint density at radius 1 is 1.00 bits per heavy atom. The lowest BCUT2D eigenvalue weighted by Gasteiger charge is -2.17. The van der Waals surface area contributed by atoms with E-state index in [2.05, 4.69) is 25.2 Å². The van der Waals surface area contributed by atoms with E-state index in [-0.39, 0.29) is 5.91 Å². The fourth-order valence-electron chi connectivity index (χ4n) is 2.94. The van der Waals surface area contributed by atoms with Crippen molar-refractivity contribution >= 4 is 23.2 Å². The van der Waals surface area contributed by atoms with Crippen molar-refractivity contribution in [2.75, 3.05) is 5.32 Å². The van der Waals surface area contributed by atoms with Gasteiger partial charge in [0.15, 0.2) is 0 Å². The molecular formula is C23H23NO2. The Hall–Kier alpha value is -3.07. The van der Waals surface area contributed by atoms with Crippen LogP contribution in [0.5, 0.6) is 0 Å². The van der Waals surface area contributed by atoms with E-state index < -0.39 is 0 Å². The van der Waals surface area contributed by atoms with Crippen molar-refractivity contribution in [3.05, 3.63) is 89.4 Å². The van der Waals surface area contributed by atoms with Crippen molar-refractivity contribution in [3.63, 3.8) is 0 Å². The van der Waals surface area contributed by atoms with Crippen LogP contribution >= 0.6 is 0 Å². The van der Waals surface area contributed by atoms with Gasteiger partial charge in [-0.3, -0.25) is 4.79 Å². The van der Waals surface area contributed by atoms with Gasteiger partial charge in [0.1, 0.15) is 5.76 Å². The number of carbonyl (C=O) groups excluding carboxylic acids is 1. The summed E-state index contributed by atoms with van der Waals surface area (Å²) >= 11 is 0. The quantitative estimate of drug-likeness (QED) is 0.586. The van der Waals surface area contributed by atoms with Crippen LogP contribution in [0.1, 0.15) is 42.2 Å². The van der Waals surface area contributed by atoms with Gasteiger partial charge in [0.05, 0.1) is 11.8 Å². The molecular weight excluding hydrogens is 322 g/mol. The molecule has 0 radical (unpaired) electrons. The van der Waals surface area contributed by atoms with Crippen LogP contribution < -0.4 is 5.32 Å². The molecule has 1 aromatic heterocycles. The summed E-state index contributed by atoms with van der Waals surface area (Å²) < 4.78 is 5.42. The van der Waals surface area contributed by atoms with Gasteiger partial charge in [0.25, 0.3) is 5.91 Å². The summed E-state index contributed by atoms with van der Waals surface area (Å²) in [5.41, 5.74) is 4.48. The Bertz CT molecular complexity index is 907. The standard InChI is InChI=1S/C23H23NO2/c1-16(2)20-13-7-9-17(3)22(20)24-23(25)21(15-19-12-8-14-26-19)18-10-5-4-6-11-18/h4-16H,1-3H3,(H,24,25)/b21-15+. The molecule has 1 amide bonds. The van der Waals surface area contributed by atoms with Crippen LogP contribution in [0.25, 0.3) is 11.6 Å². The molecule has 26 heavy (non-hydrogen) atoms. The maximum Gasteiger partial charge on any atom is 0.256 e. The molecule has 0 aliphatic carbocycles. The highest BCUT2D eigenvalue weighted by atomic mass is 16.3. The molecule has 0 unspecified atom stereocenters. The van der Waals surface area contributed by atoms with Crippen molar-refractivity contribution in [2.24, 2.45) is 0 Å². The Morgan fingerprint density at radius 2 is 1.77 bits per heavy atom. The number of aryl methyl sites for hydroxylation is 1. The number of rotatable bonds is 5. The molecule has 0 atom stereocenters. The second-order valence-electron chi connectivity index (χ2n) is 6.59. The number of amides is 1. The molecule has 0 aliphatic heterocycles. The zero-order chi connectivity index (χ0) is 18.5. The van der Waals surface area contributed by atoms with Crippen molar-refractivity contribution in [1.29, 1.82) is 0 Å². The normalized spacial score (nSPS) is 11.6. The molecule has 3 heteroatoms. The van der Waals surface area contributed by atoms with Gasteiger partial charge < -0.3 is 9.73 Å². The molecule has 2 aromatic carbocycles. The monoisotopic (exact) mass is 345 g/mol. The molecule has 0 spiro atoms. The van der Waals surface area contributed by atoms with E-state index in [9.17, 15) is 4.79 Å². The zero-order valence-corrected chi connectivity index (χ0v) is 15.3. The Labute approximate surface area is 154 Å². The van der Waals surface area contributed by atoms with E-state index in [1.807, 2.05) is 61.5 Å². The van der Waals surface area contributed by atoms with E-state index in [0.29, 0.717) is 17.3 Å². The molecule has 0 bridgehead atoms. The molecule has 1 N–H and O–H groups in total. The minimum Gasteiger partial charge on any atom is -0.465 e. The van der Waals surface area contributed by atoms with Gasteiger partial charge >= 0.3 is 0 Å². The van der Waals surface area contributed by atoms with Crippen molar-refractivity contribution < 1.29 is 9.21 Å². The van der Waals surface area contributed by atoms with E-state index in [0.717, 1.165) is 22.4 Å². The van der Waals surface area contributed by atoms with Crippen LogP contribution in [0.2, 0.25) is 0 Å². The van der Waals surface area contributed by atoms with E-state index in [1.165, 1.54) is 0 Å². The molecule has 3 aromatic rings. The lowest BCUT2D eigenvalue weighted by molar-refractivity contribution is -0.111. The van der Waals surface area contributed by atoms with Gasteiger partial charge in [0, 0.05) is 5.69 Å². The first-order valence-corrected chi connectivity index (χ1v) is 8.77. The molecule has 0 fully saturated rings. The van der Waals surface area contributed by atoms with Gasteiger partial charge in [-0.15, -0.1) is 0 Å². The van der Waals surface area contributed by atoms with Crippen LogP contribution in [0.4, 0.5) is 5.69 Å². The van der Waals surface area contributed by atoms with Crippen molar-refractivity contribution in [1.82, 2.24) is 0 Å². The highest BCUT2D eigenvalue weighted by molar-refractivity contribution is 6.29. The van der Waals surface area contributed by atoms with Gasteiger partial charge in [-0.2, -0.15) is 0 Å². The summed E-state index contributed by atoms with van der Waals surface area (Å²) in [7, 11) is 0. The maximum atomic E-state index is 13.1. The lowest BCUT2D eigenvalue weighted by Crippen LogP contribution is -2.16. The molecule has 3 rings (SSSR count). The number of benzene rings is 2. The molecule has 1 heterocycles. The Morgan fingerprint density at radius 3 is 2.42 bits per heavy atom. The summed E-state index contributed by atoms with van der Waals surface area (Å²) in [6, 6.07) is 19.4. The van der Waals surface area contributed by atoms with E-state index in [4.69, 9.17) is 4.42 Å². The third-order valence-corrected chi connectivity index (χ3v) is 4.32. The topological polar surface area (TPSA) is 42.2 Å². The van der Waals surface area contributed by atoms with E-state index >= 15 is 0 Å². The summed E-state index contributed by atoms with van der Waals surface area (Å²) in [5, 5.41) is 3.12. The van der Waals surface area contributed by atoms with Crippen molar-refractivity contribution in [2.45, 2.75) is 26.7 Å². The van der Waals surface area contributed by atoms with Crippen LogP contribution in [0, 0.1) is 6.92 Å². The number of nitrogens with one attached hydrogen (secondary N) is 1. The second kappa shape index (κ2) is 7.87. The lowest BCUT2D eigenvalue weighted by atomic mass is 9.97. The summed E-state index contributed by atoms with van der Waals surface area (Å²) in [4.78, 5) is 13.1.